The van der Waals surface area contributed by atoms with Gasteiger partial charge in [-0.15, -0.1) is 0 Å². The van der Waals surface area contributed by atoms with Gasteiger partial charge in [-0.1, -0.05) is 62.1 Å². The smallest absolute Gasteiger partial charge is 0.265 e. The van der Waals surface area contributed by atoms with Gasteiger partial charge >= 0.3 is 0 Å². The van der Waals surface area contributed by atoms with Crippen LogP contribution < -0.4 is 15.0 Å². The van der Waals surface area contributed by atoms with Crippen LogP contribution in [0.15, 0.2) is 41.3 Å². The Labute approximate surface area is 201 Å². The second-order valence-electron chi connectivity index (χ2n) is 7.75. The number of rotatable bonds is 7. The molecule has 0 aromatic heterocycles. The zero-order valence-electron chi connectivity index (χ0n) is 18.4. The lowest BCUT2D eigenvalue weighted by Gasteiger charge is -2.30. The molecule has 33 heavy (non-hydrogen) atoms. The van der Waals surface area contributed by atoms with Gasteiger partial charge in [0.1, 0.15) is 4.32 Å². The molecule has 2 aliphatic rings. The lowest BCUT2D eigenvalue weighted by Crippen LogP contribution is -2.38. The van der Waals surface area contributed by atoms with Gasteiger partial charge in [0.2, 0.25) is 0 Å². The molecule has 6 nitrogen and oxygen atoms in total. The van der Waals surface area contributed by atoms with Crippen LogP contribution in [0.5, 0.6) is 5.75 Å². The van der Waals surface area contributed by atoms with Gasteiger partial charge in [-0.25, -0.2) is 4.39 Å². The number of thioether (sulfide) groups is 1. The van der Waals surface area contributed by atoms with E-state index in [9.17, 15) is 14.0 Å². The molecule has 4 rings (SSSR count). The first-order valence-electron chi connectivity index (χ1n) is 10.7. The van der Waals surface area contributed by atoms with Crippen LogP contribution in [0.2, 0.25) is 0 Å². The van der Waals surface area contributed by atoms with E-state index in [1.54, 1.807) is 12.1 Å². The maximum absolute atomic E-state index is 14.8. The number of benzene rings is 2. The van der Waals surface area contributed by atoms with Crippen LogP contribution >= 0.6 is 24.0 Å². The van der Waals surface area contributed by atoms with E-state index in [4.69, 9.17) is 17.0 Å². The van der Waals surface area contributed by atoms with E-state index in [0.717, 1.165) is 37.0 Å². The Morgan fingerprint density at radius 1 is 1.18 bits per heavy atom. The van der Waals surface area contributed by atoms with Crippen molar-refractivity contribution in [1.29, 1.82) is 0 Å². The van der Waals surface area contributed by atoms with Crippen molar-refractivity contribution >= 4 is 51.9 Å². The molecule has 0 unspecified atom stereocenters. The maximum Gasteiger partial charge on any atom is 0.265 e. The molecular formula is C24H24FN3O3S2. The lowest BCUT2D eigenvalue weighted by atomic mass is 10.1. The topological polar surface area (TPSA) is 61.9 Å². The van der Waals surface area contributed by atoms with Crippen molar-refractivity contribution in [3.63, 3.8) is 0 Å². The number of hydrogen-bond donors (Lipinski definition) is 1. The zero-order valence-corrected chi connectivity index (χ0v) is 20.0. The van der Waals surface area contributed by atoms with E-state index in [0.29, 0.717) is 27.0 Å². The number of amides is 2. The molecule has 0 radical (unpaired) electrons. The highest BCUT2D eigenvalue weighted by molar-refractivity contribution is 8.26. The molecule has 2 aromatic carbocycles. The van der Waals surface area contributed by atoms with Crippen LogP contribution in [0.25, 0.3) is 6.08 Å². The first-order chi connectivity index (χ1) is 15.9. The van der Waals surface area contributed by atoms with Gasteiger partial charge in [-0.05, 0) is 48.0 Å². The van der Waals surface area contributed by atoms with Gasteiger partial charge in [0.25, 0.3) is 11.8 Å². The molecule has 2 amide bonds. The molecule has 1 fully saturated rings. The normalized spacial score (nSPS) is 16.9. The molecule has 2 heterocycles. The summed E-state index contributed by atoms with van der Waals surface area (Å²) in [5.41, 5.74) is 2.92. The number of carbonyl (C=O) groups excluding carboxylic acids is 2. The van der Waals surface area contributed by atoms with Crippen molar-refractivity contribution in [1.82, 2.24) is 10.2 Å². The number of nitrogens with zero attached hydrogens (tertiary/aromatic N) is 2. The number of hydrogen-bond acceptors (Lipinski definition) is 6. The highest BCUT2D eigenvalue weighted by Crippen LogP contribution is 2.38. The number of anilines is 1. The Hall–Kier alpha value is -2.75. The maximum atomic E-state index is 14.8. The fourth-order valence-electron chi connectivity index (χ4n) is 3.76. The van der Waals surface area contributed by atoms with E-state index < -0.39 is 5.82 Å². The molecule has 0 spiro atoms. The molecule has 1 N–H and O–H groups in total. The summed E-state index contributed by atoms with van der Waals surface area (Å²) in [7, 11) is 0. The molecule has 2 aliphatic heterocycles. The Morgan fingerprint density at radius 2 is 1.88 bits per heavy atom. The highest BCUT2D eigenvalue weighted by Gasteiger charge is 2.29. The van der Waals surface area contributed by atoms with E-state index in [1.807, 2.05) is 12.1 Å². The highest BCUT2D eigenvalue weighted by atomic mass is 32.2. The second-order valence-corrected chi connectivity index (χ2v) is 9.47. The summed E-state index contributed by atoms with van der Waals surface area (Å²) < 4.78 is 20.6. The first-order valence-corrected chi connectivity index (χ1v) is 11.9. The van der Waals surface area contributed by atoms with Crippen molar-refractivity contribution in [2.75, 3.05) is 24.6 Å². The summed E-state index contributed by atoms with van der Waals surface area (Å²) in [5, 5.41) is 2.54. The van der Waals surface area contributed by atoms with Crippen molar-refractivity contribution in [3.8, 4) is 5.75 Å². The number of halogens is 1. The van der Waals surface area contributed by atoms with Crippen LogP contribution in [0, 0.1) is 5.82 Å². The summed E-state index contributed by atoms with van der Waals surface area (Å²) in [6.45, 7) is 7.16. The Kier molecular flexibility index (Phi) is 7.11. The molecule has 0 bridgehead atoms. The third kappa shape index (κ3) is 5.26. The van der Waals surface area contributed by atoms with E-state index in [1.165, 1.54) is 16.5 Å². The van der Waals surface area contributed by atoms with Crippen LogP contribution in [0.4, 0.5) is 10.1 Å². The summed E-state index contributed by atoms with van der Waals surface area (Å²) in [5.74, 6) is -1.13. The van der Waals surface area contributed by atoms with Gasteiger partial charge in [0.05, 0.1) is 17.1 Å². The van der Waals surface area contributed by atoms with Crippen molar-refractivity contribution in [3.05, 3.63) is 63.8 Å². The minimum atomic E-state index is -0.586. The fraction of sp³-hybridized carbons (Fsp3) is 0.292. The van der Waals surface area contributed by atoms with Crippen LogP contribution in [0.1, 0.15) is 30.5 Å². The molecule has 9 heteroatoms. The third-order valence-electron chi connectivity index (χ3n) is 5.58. The van der Waals surface area contributed by atoms with Crippen LogP contribution in [-0.4, -0.2) is 40.7 Å². The summed E-state index contributed by atoms with van der Waals surface area (Å²) in [6, 6.07) is 11.0. The molecule has 0 atom stereocenters. The van der Waals surface area contributed by atoms with Gasteiger partial charge < -0.3 is 15.0 Å². The minimum Gasteiger partial charge on any atom is -0.478 e. The van der Waals surface area contributed by atoms with Gasteiger partial charge in [-0.2, -0.15) is 0 Å². The van der Waals surface area contributed by atoms with Gasteiger partial charge in [-0.3, -0.25) is 14.5 Å². The van der Waals surface area contributed by atoms with Crippen molar-refractivity contribution in [2.45, 2.75) is 26.9 Å². The first kappa shape index (κ1) is 23.4. The second kappa shape index (κ2) is 10.0. The number of carbonyl (C=O) groups is 2. The van der Waals surface area contributed by atoms with E-state index in [2.05, 4.69) is 36.2 Å². The largest absolute Gasteiger partial charge is 0.478 e. The van der Waals surface area contributed by atoms with Crippen molar-refractivity contribution in [2.24, 2.45) is 0 Å². The minimum absolute atomic E-state index is 0.0361. The summed E-state index contributed by atoms with van der Waals surface area (Å²) >= 11 is 6.12. The zero-order chi connectivity index (χ0) is 23.5. The number of thiocarbonyl (C=S) groups is 1. The standard InChI is InChI=1S/C24H24FN3O3S2/c1-3-27(4-2)12-15-5-7-16(8-6-15)13-28-19-10-17(11-20-23(30)26-24(32)33-20)9-18(25)22(19)31-14-21(28)29/h5-11H,3-4,12-14H2,1-2H3,(H,26,30,32). The number of nitrogens with one attached hydrogen (secondary N) is 1. The molecular weight excluding hydrogens is 461 g/mol. The molecule has 0 saturated carbocycles. The Morgan fingerprint density at radius 3 is 2.52 bits per heavy atom. The SMILES string of the molecule is CCN(CC)Cc1ccc(CN2C(=O)COc3c(F)cc(C=C4SC(=S)NC4=O)cc32)cc1. The lowest BCUT2D eigenvalue weighted by molar-refractivity contribution is -0.121. The number of fused-ring (bicyclic) bond motifs is 1. The average Bonchev–Trinajstić information content (AvgIpc) is 3.11. The molecule has 0 aliphatic carbocycles. The number of ether oxygens (including phenoxy) is 1. The van der Waals surface area contributed by atoms with Crippen LogP contribution in [-0.2, 0) is 22.7 Å². The Bertz CT molecular complexity index is 1130. The predicted molar refractivity (Wildman–Crippen MR) is 132 cm³/mol. The average molecular weight is 486 g/mol. The van der Waals surface area contributed by atoms with E-state index in [-0.39, 0.29) is 24.2 Å². The summed E-state index contributed by atoms with van der Waals surface area (Å²) in [6.07, 6.45) is 1.56. The monoisotopic (exact) mass is 485 g/mol. The van der Waals surface area contributed by atoms with Crippen molar-refractivity contribution < 1.29 is 18.7 Å². The molecule has 1 saturated heterocycles. The van der Waals surface area contributed by atoms with Gasteiger partial charge in [0.15, 0.2) is 18.2 Å². The van der Waals surface area contributed by atoms with E-state index >= 15 is 0 Å². The van der Waals surface area contributed by atoms with Crippen LogP contribution in [0.3, 0.4) is 0 Å². The summed E-state index contributed by atoms with van der Waals surface area (Å²) in [4.78, 5) is 28.9. The fourth-order valence-corrected chi connectivity index (χ4v) is 4.80. The van der Waals surface area contributed by atoms with Gasteiger partial charge in [0, 0.05) is 6.54 Å². The molecule has 2 aromatic rings. The molecule has 172 valence electrons. The Balaban J connectivity index is 1.60. The third-order valence-corrected chi connectivity index (χ3v) is 6.74. The predicted octanol–water partition coefficient (Wildman–Crippen LogP) is 4.08. The quantitative estimate of drug-likeness (QED) is 0.471.